The Balaban J connectivity index is 0.00000441. The fourth-order valence-electron chi connectivity index (χ4n) is 1.57. The second-order valence-electron chi connectivity index (χ2n) is 5.15. The van der Waals surface area contributed by atoms with Crippen LogP contribution in [0.4, 0.5) is 0 Å². The van der Waals surface area contributed by atoms with Crippen molar-refractivity contribution in [3.63, 3.8) is 0 Å². The normalized spacial score (nSPS) is 13.8. The molecule has 0 fully saturated rings. The lowest BCUT2D eigenvalue weighted by molar-refractivity contribution is -0.124. The Bertz CT molecular complexity index is 574. The van der Waals surface area contributed by atoms with Crippen LogP contribution in [-0.4, -0.2) is 33.5 Å². The molecule has 2 atom stereocenters. The number of aryl methyl sites for hydroxylation is 1. The zero-order valence-corrected chi connectivity index (χ0v) is 14.6. The molecule has 0 aromatic heterocycles. The van der Waals surface area contributed by atoms with E-state index in [2.05, 4.69) is 10.0 Å². The minimum Gasteiger partial charge on any atom is -0.355 e. The quantitative estimate of drug-likeness (QED) is 0.633. The third-order valence-corrected chi connectivity index (χ3v) is 4.73. The van der Waals surface area contributed by atoms with Crippen molar-refractivity contribution in [3.8, 4) is 0 Å². The molecule has 0 aliphatic rings. The molecular weight excluding hydrogens is 326 g/mol. The van der Waals surface area contributed by atoms with Crippen LogP contribution in [0.5, 0.6) is 0 Å². The van der Waals surface area contributed by atoms with Crippen molar-refractivity contribution < 1.29 is 13.2 Å². The maximum Gasteiger partial charge on any atom is 0.240 e. The number of carbonyl (C=O) groups excluding carboxylic acids is 1. The maximum absolute atomic E-state index is 12.0. The minimum atomic E-state index is -3.54. The standard InChI is InChI=1S/C14H23N3O3S.ClH/c1-10-4-6-13(7-5-10)21(19,20)17-9-8-16-14(18)11(2)12(3)15;/h4-7,11-12,17H,8-9,15H2,1-3H3,(H,16,18);1H. The first-order valence-corrected chi connectivity index (χ1v) is 8.32. The first kappa shape index (κ1) is 20.9. The number of halogens is 1. The van der Waals surface area contributed by atoms with Gasteiger partial charge in [-0.15, -0.1) is 12.4 Å². The van der Waals surface area contributed by atoms with Gasteiger partial charge in [-0.25, -0.2) is 13.1 Å². The molecule has 22 heavy (non-hydrogen) atoms. The molecule has 0 saturated carbocycles. The Morgan fingerprint density at radius 2 is 1.73 bits per heavy atom. The summed E-state index contributed by atoms with van der Waals surface area (Å²) in [5.41, 5.74) is 6.62. The summed E-state index contributed by atoms with van der Waals surface area (Å²) in [6.45, 7) is 5.73. The van der Waals surface area contributed by atoms with E-state index >= 15 is 0 Å². The van der Waals surface area contributed by atoms with Gasteiger partial charge in [0.15, 0.2) is 0 Å². The van der Waals surface area contributed by atoms with Gasteiger partial charge >= 0.3 is 0 Å². The summed E-state index contributed by atoms with van der Waals surface area (Å²) in [7, 11) is -3.54. The van der Waals surface area contributed by atoms with Crippen molar-refractivity contribution in [3.05, 3.63) is 29.8 Å². The number of benzene rings is 1. The zero-order valence-electron chi connectivity index (χ0n) is 13.0. The average molecular weight is 350 g/mol. The van der Waals surface area contributed by atoms with Crippen molar-refractivity contribution in [2.24, 2.45) is 11.7 Å². The molecule has 0 saturated heterocycles. The lowest BCUT2D eigenvalue weighted by Crippen LogP contribution is -2.41. The number of nitrogens with one attached hydrogen (secondary N) is 2. The van der Waals surface area contributed by atoms with E-state index in [9.17, 15) is 13.2 Å². The van der Waals surface area contributed by atoms with E-state index in [0.717, 1.165) is 5.56 Å². The highest BCUT2D eigenvalue weighted by molar-refractivity contribution is 7.89. The van der Waals surface area contributed by atoms with E-state index in [-0.39, 0.29) is 48.3 Å². The molecule has 1 rings (SSSR count). The SMILES string of the molecule is Cc1ccc(S(=O)(=O)NCCNC(=O)C(C)C(C)N)cc1.Cl. The van der Waals surface area contributed by atoms with E-state index in [1.165, 1.54) is 0 Å². The Morgan fingerprint density at radius 1 is 1.18 bits per heavy atom. The van der Waals surface area contributed by atoms with Gasteiger partial charge in [0.25, 0.3) is 0 Å². The van der Waals surface area contributed by atoms with Gasteiger partial charge in [0.05, 0.1) is 4.90 Å². The van der Waals surface area contributed by atoms with Gasteiger partial charge in [0, 0.05) is 25.0 Å². The van der Waals surface area contributed by atoms with E-state index in [0.29, 0.717) is 0 Å². The van der Waals surface area contributed by atoms with Crippen molar-refractivity contribution in [2.75, 3.05) is 13.1 Å². The van der Waals surface area contributed by atoms with Gasteiger partial charge in [0.2, 0.25) is 15.9 Å². The van der Waals surface area contributed by atoms with Crippen LogP contribution in [0.15, 0.2) is 29.2 Å². The molecule has 0 spiro atoms. The summed E-state index contributed by atoms with van der Waals surface area (Å²) in [5.74, 6) is -0.488. The number of carbonyl (C=O) groups is 1. The predicted octanol–water partition coefficient (Wildman–Crippen LogP) is 0.795. The molecule has 4 N–H and O–H groups in total. The highest BCUT2D eigenvalue weighted by atomic mass is 35.5. The Hall–Kier alpha value is -1.15. The van der Waals surface area contributed by atoms with Crippen LogP contribution < -0.4 is 15.8 Å². The molecule has 6 nitrogen and oxygen atoms in total. The van der Waals surface area contributed by atoms with Crippen LogP contribution in [0, 0.1) is 12.8 Å². The molecule has 1 aromatic rings. The van der Waals surface area contributed by atoms with Crippen molar-refractivity contribution in [2.45, 2.75) is 31.7 Å². The summed E-state index contributed by atoms with van der Waals surface area (Å²) in [5, 5.41) is 2.65. The molecule has 0 heterocycles. The summed E-state index contributed by atoms with van der Waals surface area (Å²) in [6, 6.07) is 6.33. The Kier molecular flexibility index (Phi) is 8.62. The Morgan fingerprint density at radius 3 is 2.23 bits per heavy atom. The van der Waals surface area contributed by atoms with Crippen molar-refractivity contribution in [1.29, 1.82) is 0 Å². The number of amides is 1. The van der Waals surface area contributed by atoms with Gasteiger partial charge in [-0.3, -0.25) is 4.79 Å². The predicted molar refractivity (Wildman–Crippen MR) is 89.4 cm³/mol. The molecule has 0 aliphatic heterocycles. The van der Waals surface area contributed by atoms with E-state index in [1.807, 2.05) is 6.92 Å². The summed E-state index contributed by atoms with van der Waals surface area (Å²) in [4.78, 5) is 11.9. The number of hydrogen-bond acceptors (Lipinski definition) is 4. The van der Waals surface area contributed by atoms with E-state index in [4.69, 9.17) is 5.73 Å². The monoisotopic (exact) mass is 349 g/mol. The molecule has 1 amide bonds. The maximum atomic E-state index is 12.0. The van der Waals surface area contributed by atoms with Crippen LogP contribution >= 0.6 is 12.4 Å². The first-order chi connectivity index (χ1) is 9.74. The first-order valence-electron chi connectivity index (χ1n) is 6.83. The second-order valence-corrected chi connectivity index (χ2v) is 6.92. The van der Waals surface area contributed by atoms with Crippen molar-refractivity contribution >= 4 is 28.3 Å². The molecule has 0 aliphatic carbocycles. The second kappa shape index (κ2) is 9.09. The van der Waals surface area contributed by atoms with Gasteiger partial charge < -0.3 is 11.1 Å². The van der Waals surface area contributed by atoms with Gasteiger partial charge in [-0.2, -0.15) is 0 Å². The third kappa shape index (κ3) is 6.31. The van der Waals surface area contributed by atoms with Crippen LogP contribution in [0.2, 0.25) is 0 Å². The lowest BCUT2D eigenvalue weighted by Gasteiger charge is -2.15. The average Bonchev–Trinajstić information content (AvgIpc) is 2.42. The lowest BCUT2D eigenvalue weighted by atomic mass is 10.0. The molecule has 2 unspecified atom stereocenters. The molecule has 8 heteroatoms. The fourth-order valence-corrected chi connectivity index (χ4v) is 2.60. The third-order valence-electron chi connectivity index (χ3n) is 3.25. The summed E-state index contributed by atoms with van der Waals surface area (Å²) < 4.78 is 26.4. The largest absolute Gasteiger partial charge is 0.355 e. The molecular formula is C14H24ClN3O3S. The summed E-state index contributed by atoms with van der Waals surface area (Å²) in [6.07, 6.45) is 0. The zero-order chi connectivity index (χ0) is 16.0. The smallest absolute Gasteiger partial charge is 0.240 e. The van der Waals surface area contributed by atoms with Gasteiger partial charge in [-0.05, 0) is 26.0 Å². The minimum absolute atomic E-state index is 0. The van der Waals surface area contributed by atoms with Crippen molar-refractivity contribution in [1.82, 2.24) is 10.0 Å². The summed E-state index contributed by atoms with van der Waals surface area (Å²) >= 11 is 0. The van der Waals surface area contributed by atoms with Crippen LogP contribution in [0.3, 0.4) is 0 Å². The van der Waals surface area contributed by atoms with Crippen LogP contribution in [0.1, 0.15) is 19.4 Å². The van der Waals surface area contributed by atoms with Gasteiger partial charge in [-0.1, -0.05) is 24.6 Å². The van der Waals surface area contributed by atoms with E-state index in [1.54, 1.807) is 38.1 Å². The molecule has 0 radical (unpaired) electrons. The highest BCUT2D eigenvalue weighted by Gasteiger charge is 2.17. The number of hydrogen-bond donors (Lipinski definition) is 3. The highest BCUT2D eigenvalue weighted by Crippen LogP contribution is 2.09. The molecule has 1 aromatic carbocycles. The number of sulfonamides is 1. The molecule has 126 valence electrons. The number of rotatable bonds is 7. The Labute approximate surface area is 138 Å². The van der Waals surface area contributed by atoms with Crippen LogP contribution in [-0.2, 0) is 14.8 Å². The molecule has 0 bridgehead atoms. The van der Waals surface area contributed by atoms with E-state index < -0.39 is 10.0 Å². The van der Waals surface area contributed by atoms with Crippen LogP contribution in [0.25, 0.3) is 0 Å². The fraction of sp³-hybridized carbons (Fsp3) is 0.500. The number of nitrogens with two attached hydrogens (primary N) is 1. The topological polar surface area (TPSA) is 101 Å². The van der Waals surface area contributed by atoms with Gasteiger partial charge in [0.1, 0.15) is 0 Å².